The number of halogens is 1. The SMILES string of the molecule is CC1(C)COB(OCc2cc(F)ccc2N)OC1. The number of hydrogen-bond donors (Lipinski definition) is 1. The zero-order chi connectivity index (χ0) is 13.2. The highest BCUT2D eigenvalue weighted by Gasteiger charge is 2.34. The Morgan fingerprint density at radius 1 is 1.39 bits per heavy atom. The number of rotatable bonds is 3. The molecule has 0 spiro atoms. The molecule has 0 amide bonds. The first kappa shape index (κ1) is 13.3. The Morgan fingerprint density at radius 3 is 2.72 bits per heavy atom. The van der Waals surface area contributed by atoms with Crippen molar-refractivity contribution in [3.8, 4) is 0 Å². The molecule has 1 aromatic rings. The summed E-state index contributed by atoms with van der Waals surface area (Å²) >= 11 is 0. The molecule has 0 radical (unpaired) electrons. The Balaban J connectivity index is 1.87. The molecule has 6 heteroatoms. The molecule has 0 saturated carbocycles. The molecular weight excluding hydrogens is 236 g/mol. The summed E-state index contributed by atoms with van der Waals surface area (Å²) in [7, 11) is -0.708. The van der Waals surface area contributed by atoms with E-state index in [4.69, 9.17) is 19.7 Å². The summed E-state index contributed by atoms with van der Waals surface area (Å²) in [5, 5.41) is 0. The summed E-state index contributed by atoms with van der Waals surface area (Å²) in [6.45, 7) is 5.39. The minimum absolute atomic E-state index is 0.00224. The Bertz CT molecular complexity index is 418. The van der Waals surface area contributed by atoms with Crippen LogP contribution in [0.5, 0.6) is 0 Å². The van der Waals surface area contributed by atoms with E-state index in [2.05, 4.69) is 0 Å². The fourth-order valence-electron chi connectivity index (χ4n) is 1.63. The summed E-state index contributed by atoms with van der Waals surface area (Å²) in [6, 6.07) is 4.18. The molecule has 0 unspecified atom stereocenters. The molecule has 4 nitrogen and oxygen atoms in total. The van der Waals surface area contributed by atoms with Gasteiger partial charge in [-0.05, 0) is 18.2 Å². The molecule has 0 aliphatic carbocycles. The monoisotopic (exact) mass is 253 g/mol. The maximum atomic E-state index is 13.0. The van der Waals surface area contributed by atoms with E-state index >= 15 is 0 Å². The third-order valence-electron chi connectivity index (χ3n) is 2.70. The molecule has 1 aromatic carbocycles. The fourth-order valence-corrected chi connectivity index (χ4v) is 1.63. The van der Waals surface area contributed by atoms with Crippen LogP contribution in [0.1, 0.15) is 19.4 Å². The summed E-state index contributed by atoms with van der Waals surface area (Å²) < 4.78 is 29.3. The summed E-state index contributed by atoms with van der Waals surface area (Å²) in [4.78, 5) is 0. The quantitative estimate of drug-likeness (QED) is 0.661. The topological polar surface area (TPSA) is 53.7 Å². The predicted octanol–water partition coefficient (Wildman–Crippen LogP) is 1.98. The minimum atomic E-state index is -0.708. The molecule has 98 valence electrons. The number of nitrogens with two attached hydrogens (primary N) is 1. The van der Waals surface area contributed by atoms with Crippen molar-refractivity contribution in [3.63, 3.8) is 0 Å². The summed E-state index contributed by atoms with van der Waals surface area (Å²) in [5.41, 5.74) is 6.80. The van der Waals surface area contributed by atoms with Gasteiger partial charge in [0, 0.05) is 29.9 Å². The van der Waals surface area contributed by atoms with Crippen molar-refractivity contribution in [2.24, 2.45) is 5.41 Å². The molecule has 2 N–H and O–H groups in total. The van der Waals surface area contributed by atoms with Gasteiger partial charge in [0.2, 0.25) is 0 Å². The highest BCUT2D eigenvalue weighted by Crippen LogP contribution is 2.22. The lowest BCUT2D eigenvalue weighted by Gasteiger charge is -2.32. The first-order valence-corrected chi connectivity index (χ1v) is 5.85. The van der Waals surface area contributed by atoms with E-state index in [1.54, 1.807) is 0 Å². The van der Waals surface area contributed by atoms with E-state index in [0.717, 1.165) is 0 Å². The lowest BCUT2D eigenvalue weighted by atomic mass is 9.93. The van der Waals surface area contributed by atoms with Crippen LogP contribution in [0.3, 0.4) is 0 Å². The first-order chi connectivity index (χ1) is 8.46. The van der Waals surface area contributed by atoms with Crippen molar-refractivity contribution >= 4 is 13.0 Å². The van der Waals surface area contributed by atoms with Gasteiger partial charge in [-0.1, -0.05) is 13.8 Å². The predicted molar refractivity (Wildman–Crippen MR) is 67.0 cm³/mol. The third-order valence-corrected chi connectivity index (χ3v) is 2.70. The van der Waals surface area contributed by atoms with Gasteiger partial charge in [-0.15, -0.1) is 0 Å². The third kappa shape index (κ3) is 3.44. The van der Waals surface area contributed by atoms with Crippen molar-refractivity contribution in [3.05, 3.63) is 29.6 Å². The lowest BCUT2D eigenvalue weighted by Crippen LogP contribution is -2.42. The maximum absolute atomic E-state index is 13.0. The van der Waals surface area contributed by atoms with Gasteiger partial charge in [-0.3, -0.25) is 0 Å². The molecule has 1 aliphatic heterocycles. The van der Waals surface area contributed by atoms with Crippen LogP contribution in [0.2, 0.25) is 0 Å². The normalized spacial score (nSPS) is 18.9. The smallest absolute Gasteiger partial charge is 0.398 e. The van der Waals surface area contributed by atoms with Gasteiger partial charge in [0.05, 0.1) is 6.61 Å². The fraction of sp³-hybridized carbons (Fsp3) is 0.500. The zero-order valence-corrected chi connectivity index (χ0v) is 10.6. The first-order valence-electron chi connectivity index (χ1n) is 5.85. The average Bonchev–Trinajstić information content (AvgIpc) is 2.32. The Morgan fingerprint density at radius 2 is 2.06 bits per heavy atom. The molecule has 1 heterocycles. The second-order valence-electron chi connectivity index (χ2n) is 5.23. The largest absolute Gasteiger partial charge is 0.639 e. The lowest BCUT2D eigenvalue weighted by molar-refractivity contribution is -0.0213. The highest BCUT2D eigenvalue weighted by molar-refractivity contribution is 6.36. The van der Waals surface area contributed by atoms with Crippen LogP contribution in [0, 0.1) is 11.2 Å². The Kier molecular flexibility index (Phi) is 3.89. The van der Waals surface area contributed by atoms with E-state index < -0.39 is 7.32 Å². The van der Waals surface area contributed by atoms with Gasteiger partial charge in [0.25, 0.3) is 0 Å². The summed E-state index contributed by atoms with van der Waals surface area (Å²) in [5.74, 6) is -0.339. The van der Waals surface area contributed by atoms with Crippen LogP contribution in [0.15, 0.2) is 18.2 Å². The van der Waals surface area contributed by atoms with Crippen molar-refractivity contribution in [1.29, 1.82) is 0 Å². The highest BCUT2D eigenvalue weighted by atomic mass is 19.1. The van der Waals surface area contributed by atoms with E-state index in [-0.39, 0.29) is 17.8 Å². The van der Waals surface area contributed by atoms with Crippen LogP contribution in [-0.4, -0.2) is 20.5 Å². The molecule has 1 saturated heterocycles. The molecule has 18 heavy (non-hydrogen) atoms. The van der Waals surface area contributed by atoms with Gasteiger partial charge in [0.15, 0.2) is 0 Å². The van der Waals surface area contributed by atoms with Crippen molar-refractivity contribution in [2.75, 3.05) is 18.9 Å². The molecule has 1 aliphatic rings. The van der Waals surface area contributed by atoms with Crippen molar-refractivity contribution in [1.82, 2.24) is 0 Å². The second kappa shape index (κ2) is 5.26. The standard InChI is InChI=1S/C12H17BFNO3/c1-12(2)7-17-13(18-8-12)16-6-9-5-10(14)3-4-11(9)15/h3-5H,6-8,15H2,1-2H3. The number of anilines is 1. The molecule has 0 bridgehead atoms. The maximum Gasteiger partial charge on any atom is 0.639 e. The van der Waals surface area contributed by atoms with E-state index in [9.17, 15) is 4.39 Å². The van der Waals surface area contributed by atoms with Crippen molar-refractivity contribution in [2.45, 2.75) is 20.5 Å². The number of benzene rings is 1. The molecule has 0 atom stereocenters. The van der Waals surface area contributed by atoms with Gasteiger partial charge >= 0.3 is 7.32 Å². The van der Waals surface area contributed by atoms with Gasteiger partial charge < -0.3 is 19.7 Å². The van der Waals surface area contributed by atoms with Gasteiger partial charge in [-0.25, -0.2) is 4.39 Å². The number of nitrogen functional groups attached to an aromatic ring is 1. The average molecular weight is 253 g/mol. The van der Waals surface area contributed by atoms with E-state index in [0.29, 0.717) is 24.5 Å². The molecule has 0 aromatic heterocycles. The van der Waals surface area contributed by atoms with Crippen LogP contribution in [-0.2, 0) is 20.6 Å². The number of hydrogen-bond acceptors (Lipinski definition) is 4. The Hall–Kier alpha value is -1.11. The minimum Gasteiger partial charge on any atom is -0.398 e. The van der Waals surface area contributed by atoms with E-state index in [1.807, 2.05) is 13.8 Å². The van der Waals surface area contributed by atoms with Crippen LogP contribution < -0.4 is 5.73 Å². The van der Waals surface area contributed by atoms with Crippen LogP contribution in [0.4, 0.5) is 10.1 Å². The molecular formula is C12H17BFNO3. The Labute approximate surface area is 106 Å². The van der Waals surface area contributed by atoms with Crippen LogP contribution in [0.25, 0.3) is 0 Å². The summed E-state index contributed by atoms with van der Waals surface area (Å²) in [6.07, 6.45) is 0. The molecule has 2 rings (SSSR count). The van der Waals surface area contributed by atoms with Gasteiger partial charge in [0.1, 0.15) is 5.82 Å². The molecule has 1 fully saturated rings. The van der Waals surface area contributed by atoms with Gasteiger partial charge in [-0.2, -0.15) is 0 Å². The zero-order valence-electron chi connectivity index (χ0n) is 10.6. The second-order valence-corrected chi connectivity index (χ2v) is 5.23. The van der Waals surface area contributed by atoms with Crippen molar-refractivity contribution < 1.29 is 18.4 Å². The van der Waals surface area contributed by atoms with E-state index in [1.165, 1.54) is 18.2 Å². The van der Waals surface area contributed by atoms with Crippen LogP contribution >= 0.6 is 0 Å².